The first-order chi connectivity index (χ1) is 8.79. The van der Waals surface area contributed by atoms with E-state index < -0.39 is 0 Å². The lowest BCUT2D eigenvalue weighted by atomic mass is 9.93. The summed E-state index contributed by atoms with van der Waals surface area (Å²) in [5.41, 5.74) is 1.47. The van der Waals surface area contributed by atoms with Crippen LogP contribution >= 0.6 is 22.6 Å². The number of halogens is 1. The van der Waals surface area contributed by atoms with Crippen molar-refractivity contribution < 1.29 is 0 Å². The fourth-order valence-corrected chi connectivity index (χ4v) is 3.53. The molecule has 1 nitrogen and oxygen atoms in total. The molecular formula is C16H24IN. The molecule has 0 radical (unpaired) electrons. The van der Waals surface area contributed by atoms with Gasteiger partial charge < -0.3 is 5.32 Å². The molecule has 0 heterocycles. The van der Waals surface area contributed by atoms with Gasteiger partial charge in [0.05, 0.1) is 0 Å². The maximum atomic E-state index is 3.74. The van der Waals surface area contributed by atoms with Gasteiger partial charge in [0.2, 0.25) is 0 Å². The Morgan fingerprint density at radius 3 is 2.78 bits per heavy atom. The van der Waals surface area contributed by atoms with Crippen molar-refractivity contribution in [1.82, 2.24) is 5.32 Å². The summed E-state index contributed by atoms with van der Waals surface area (Å²) in [6.07, 6.45) is 8.29. The lowest BCUT2D eigenvalue weighted by Gasteiger charge is -2.22. The average molecular weight is 357 g/mol. The molecule has 0 aromatic heterocycles. The molecule has 1 N–H and O–H groups in total. The summed E-state index contributed by atoms with van der Waals surface area (Å²) in [5, 5.41) is 3.74. The zero-order valence-corrected chi connectivity index (χ0v) is 13.4. The Hall–Kier alpha value is -0.0900. The fraction of sp³-hybridized carbons (Fsp3) is 0.625. The van der Waals surface area contributed by atoms with E-state index in [0.717, 1.165) is 12.5 Å². The normalized spacial score (nSPS) is 18.1. The molecule has 1 aliphatic rings. The van der Waals surface area contributed by atoms with E-state index in [-0.39, 0.29) is 0 Å². The Balaban J connectivity index is 2.03. The maximum Gasteiger partial charge on any atom is 0.0323 e. The molecule has 0 saturated heterocycles. The van der Waals surface area contributed by atoms with Gasteiger partial charge in [-0.25, -0.2) is 0 Å². The standard InChI is InChI=1S/C16H24IN/c1-2-10-18-16(11-13-6-3-4-7-13)14-8-5-9-15(17)12-14/h5,8-9,12-13,16,18H,2-4,6-7,10-11H2,1H3. The summed E-state index contributed by atoms with van der Waals surface area (Å²) < 4.78 is 1.35. The molecule has 1 atom stereocenters. The van der Waals surface area contributed by atoms with E-state index in [1.54, 1.807) is 0 Å². The smallest absolute Gasteiger partial charge is 0.0323 e. The Morgan fingerprint density at radius 1 is 1.33 bits per heavy atom. The van der Waals surface area contributed by atoms with Crippen LogP contribution in [0.3, 0.4) is 0 Å². The third kappa shape index (κ3) is 4.23. The average Bonchev–Trinajstić information content (AvgIpc) is 2.87. The summed E-state index contributed by atoms with van der Waals surface area (Å²) in [6, 6.07) is 9.54. The summed E-state index contributed by atoms with van der Waals surface area (Å²) in [4.78, 5) is 0. The maximum absolute atomic E-state index is 3.74. The largest absolute Gasteiger partial charge is 0.310 e. The van der Waals surface area contributed by atoms with Gasteiger partial charge in [0.25, 0.3) is 0 Å². The molecule has 1 aromatic rings. The molecule has 100 valence electrons. The van der Waals surface area contributed by atoms with Crippen molar-refractivity contribution in [3.05, 3.63) is 33.4 Å². The molecule has 0 aliphatic heterocycles. The zero-order valence-electron chi connectivity index (χ0n) is 11.3. The Kier molecular flexibility index (Phi) is 5.96. The minimum Gasteiger partial charge on any atom is -0.310 e. The highest BCUT2D eigenvalue weighted by atomic mass is 127. The molecule has 1 aromatic carbocycles. The van der Waals surface area contributed by atoms with Crippen LogP contribution in [0.15, 0.2) is 24.3 Å². The first-order valence-corrected chi connectivity index (χ1v) is 8.36. The quantitative estimate of drug-likeness (QED) is 0.713. The van der Waals surface area contributed by atoms with Crippen molar-refractivity contribution in [3.8, 4) is 0 Å². The van der Waals surface area contributed by atoms with Crippen molar-refractivity contribution in [1.29, 1.82) is 0 Å². The topological polar surface area (TPSA) is 12.0 Å². The SMILES string of the molecule is CCCNC(CC1CCCC1)c1cccc(I)c1. The molecule has 0 bridgehead atoms. The summed E-state index contributed by atoms with van der Waals surface area (Å²) in [5.74, 6) is 0.942. The third-order valence-electron chi connectivity index (χ3n) is 3.94. The highest BCUT2D eigenvalue weighted by Crippen LogP contribution is 2.33. The number of rotatable bonds is 6. The van der Waals surface area contributed by atoms with E-state index in [0.29, 0.717) is 6.04 Å². The minimum absolute atomic E-state index is 0.558. The zero-order chi connectivity index (χ0) is 12.8. The van der Waals surface area contributed by atoms with Crippen molar-refractivity contribution in [3.63, 3.8) is 0 Å². The van der Waals surface area contributed by atoms with Gasteiger partial charge in [-0.15, -0.1) is 0 Å². The number of nitrogens with one attached hydrogen (secondary N) is 1. The molecule has 1 aliphatic carbocycles. The van der Waals surface area contributed by atoms with Gasteiger partial charge >= 0.3 is 0 Å². The van der Waals surface area contributed by atoms with Crippen LogP contribution in [0.4, 0.5) is 0 Å². The molecule has 0 spiro atoms. The Bertz CT molecular complexity index is 358. The van der Waals surface area contributed by atoms with E-state index in [2.05, 4.69) is 59.1 Å². The molecule has 18 heavy (non-hydrogen) atoms. The van der Waals surface area contributed by atoms with Gasteiger partial charge in [0, 0.05) is 9.61 Å². The van der Waals surface area contributed by atoms with Crippen LogP contribution in [0.1, 0.15) is 57.1 Å². The lowest BCUT2D eigenvalue weighted by molar-refractivity contribution is 0.395. The van der Waals surface area contributed by atoms with E-state index in [1.807, 2.05) is 0 Å². The predicted molar refractivity (Wildman–Crippen MR) is 86.8 cm³/mol. The highest BCUT2D eigenvalue weighted by Gasteiger charge is 2.20. The van der Waals surface area contributed by atoms with Crippen LogP contribution in [0.5, 0.6) is 0 Å². The van der Waals surface area contributed by atoms with E-state index >= 15 is 0 Å². The minimum atomic E-state index is 0.558. The van der Waals surface area contributed by atoms with Crippen LogP contribution in [0, 0.1) is 9.49 Å². The van der Waals surface area contributed by atoms with Crippen LogP contribution in [-0.2, 0) is 0 Å². The van der Waals surface area contributed by atoms with Crippen LogP contribution in [-0.4, -0.2) is 6.54 Å². The monoisotopic (exact) mass is 357 g/mol. The second-order valence-corrected chi connectivity index (χ2v) is 6.69. The van der Waals surface area contributed by atoms with E-state index in [9.17, 15) is 0 Å². The first kappa shape index (κ1) is 14.3. The van der Waals surface area contributed by atoms with Crippen molar-refractivity contribution in [2.75, 3.05) is 6.54 Å². The second-order valence-electron chi connectivity index (χ2n) is 5.45. The Morgan fingerprint density at radius 2 is 2.11 bits per heavy atom. The van der Waals surface area contributed by atoms with Gasteiger partial charge in [-0.05, 0) is 65.6 Å². The Labute approximate surface area is 125 Å². The lowest BCUT2D eigenvalue weighted by Crippen LogP contribution is -2.24. The molecule has 1 saturated carbocycles. The van der Waals surface area contributed by atoms with Crippen LogP contribution < -0.4 is 5.32 Å². The number of hydrogen-bond donors (Lipinski definition) is 1. The molecule has 0 amide bonds. The molecule has 2 heteroatoms. The molecule has 2 rings (SSSR count). The number of hydrogen-bond acceptors (Lipinski definition) is 1. The molecule has 1 unspecified atom stereocenters. The molecular weight excluding hydrogens is 333 g/mol. The van der Waals surface area contributed by atoms with Gasteiger partial charge in [0.1, 0.15) is 0 Å². The summed E-state index contributed by atoms with van der Waals surface area (Å²) >= 11 is 2.41. The van der Waals surface area contributed by atoms with Crippen LogP contribution in [0.25, 0.3) is 0 Å². The van der Waals surface area contributed by atoms with E-state index in [4.69, 9.17) is 0 Å². The van der Waals surface area contributed by atoms with E-state index in [1.165, 1.54) is 47.7 Å². The summed E-state index contributed by atoms with van der Waals surface area (Å²) in [6.45, 7) is 3.37. The van der Waals surface area contributed by atoms with Gasteiger partial charge in [-0.3, -0.25) is 0 Å². The van der Waals surface area contributed by atoms with Gasteiger partial charge in [-0.1, -0.05) is 44.7 Å². The van der Waals surface area contributed by atoms with Gasteiger partial charge in [-0.2, -0.15) is 0 Å². The van der Waals surface area contributed by atoms with Crippen molar-refractivity contribution in [2.24, 2.45) is 5.92 Å². The third-order valence-corrected chi connectivity index (χ3v) is 4.61. The first-order valence-electron chi connectivity index (χ1n) is 7.28. The van der Waals surface area contributed by atoms with Crippen molar-refractivity contribution in [2.45, 2.75) is 51.5 Å². The van der Waals surface area contributed by atoms with Crippen molar-refractivity contribution >= 4 is 22.6 Å². The highest BCUT2D eigenvalue weighted by molar-refractivity contribution is 14.1. The predicted octanol–water partition coefficient (Wildman–Crippen LogP) is 4.91. The number of benzene rings is 1. The van der Waals surface area contributed by atoms with Crippen LogP contribution in [0.2, 0.25) is 0 Å². The summed E-state index contributed by atoms with van der Waals surface area (Å²) in [7, 11) is 0. The fourth-order valence-electron chi connectivity index (χ4n) is 2.96. The molecule has 1 fully saturated rings. The van der Waals surface area contributed by atoms with Gasteiger partial charge in [0.15, 0.2) is 0 Å². The second kappa shape index (κ2) is 7.49.